The van der Waals surface area contributed by atoms with E-state index in [4.69, 9.17) is 16.2 Å². The van der Waals surface area contributed by atoms with Gasteiger partial charge in [0.05, 0.1) is 12.3 Å². The van der Waals surface area contributed by atoms with Gasteiger partial charge in [-0.15, -0.1) is 0 Å². The molecule has 1 aromatic carbocycles. The highest BCUT2D eigenvalue weighted by atomic mass is 16.5. The maximum atomic E-state index is 6.13. The molecule has 2 atom stereocenters. The van der Waals surface area contributed by atoms with Gasteiger partial charge in [0.2, 0.25) is 0 Å². The van der Waals surface area contributed by atoms with Crippen LogP contribution in [0.2, 0.25) is 0 Å². The fourth-order valence-electron chi connectivity index (χ4n) is 3.81. The van der Waals surface area contributed by atoms with Crippen molar-refractivity contribution in [1.29, 1.82) is 0 Å². The predicted octanol–water partition coefficient (Wildman–Crippen LogP) is 3.26. The second kappa shape index (κ2) is 10.9. The Balaban J connectivity index is 1.46. The highest BCUT2D eigenvalue weighted by molar-refractivity contribution is 5.59. The summed E-state index contributed by atoms with van der Waals surface area (Å²) in [6, 6.07) is 11.0. The number of nitrogens with one attached hydrogen (secondary N) is 1. The van der Waals surface area contributed by atoms with E-state index in [1.807, 2.05) is 13.0 Å². The van der Waals surface area contributed by atoms with Gasteiger partial charge in [-0.3, -0.25) is 0 Å². The van der Waals surface area contributed by atoms with Gasteiger partial charge in [0, 0.05) is 36.7 Å². The fourth-order valence-corrected chi connectivity index (χ4v) is 3.81. The van der Waals surface area contributed by atoms with E-state index in [9.17, 15) is 0 Å². The van der Waals surface area contributed by atoms with E-state index in [2.05, 4.69) is 46.5 Å². The molecule has 160 valence electrons. The number of ether oxygens (including phenoxy) is 1. The monoisotopic (exact) mass is 407 g/mol. The molecule has 1 aliphatic heterocycles. The van der Waals surface area contributed by atoms with Gasteiger partial charge in [-0.2, -0.15) is 0 Å². The van der Waals surface area contributed by atoms with Gasteiger partial charge in [0.15, 0.2) is 5.82 Å². The molecule has 30 heavy (non-hydrogen) atoms. The number of aromatic nitrogens is 2. The number of hydrogen-bond donors (Lipinski definition) is 3. The first-order valence-electron chi connectivity index (χ1n) is 10.6. The lowest BCUT2D eigenvalue weighted by atomic mass is 9.92. The van der Waals surface area contributed by atoms with Crippen molar-refractivity contribution < 1.29 is 4.74 Å². The fraction of sp³-hybridized carbons (Fsp3) is 0.417. The number of benzene rings is 1. The Morgan fingerprint density at radius 2 is 1.93 bits per heavy atom. The highest BCUT2D eigenvalue weighted by Crippen LogP contribution is 2.28. The second-order valence-corrected chi connectivity index (χ2v) is 7.93. The minimum absolute atomic E-state index is 0.365. The van der Waals surface area contributed by atoms with Crippen LogP contribution in [0.4, 0.5) is 0 Å². The van der Waals surface area contributed by atoms with Crippen LogP contribution in [0.25, 0.3) is 5.70 Å². The van der Waals surface area contributed by atoms with Crippen LogP contribution in [0.1, 0.15) is 49.1 Å². The predicted molar refractivity (Wildman–Crippen MR) is 121 cm³/mol. The molecule has 0 bridgehead atoms. The standard InChI is InChI=1S/C24H33N5O/c1-17-6-8-19(9-7-17)21-10-13-27-23(21)16-30-14-3-5-20(18(2)25)15-22(26)24-28-11-4-12-29-24/h4,6-9,11-12,15,21,23,27H,3,5,10,13-14,16,25-26H2,1-2H3/b20-18-,22-15-/t21-,23?/m1/s1. The molecule has 0 radical (unpaired) electrons. The molecular formula is C24H33N5O. The molecule has 6 heteroatoms. The molecule has 1 unspecified atom stereocenters. The minimum Gasteiger partial charge on any atom is -0.402 e. The summed E-state index contributed by atoms with van der Waals surface area (Å²) >= 11 is 0. The average Bonchev–Trinajstić information content (AvgIpc) is 3.22. The number of aryl methyl sites for hydroxylation is 1. The molecular weight excluding hydrogens is 374 g/mol. The van der Waals surface area contributed by atoms with Crippen molar-refractivity contribution in [2.75, 3.05) is 19.8 Å². The maximum Gasteiger partial charge on any atom is 0.175 e. The molecule has 1 aromatic heterocycles. The van der Waals surface area contributed by atoms with Crippen molar-refractivity contribution >= 4 is 5.70 Å². The van der Waals surface area contributed by atoms with E-state index in [0.29, 0.717) is 30.1 Å². The van der Waals surface area contributed by atoms with E-state index in [-0.39, 0.29) is 0 Å². The third-order valence-corrected chi connectivity index (χ3v) is 5.55. The smallest absolute Gasteiger partial charge is 0.175 e. The van der Waals surface area contributed by atoms with Crippen LogP contribution < -0.4 is 16.8 Å². The largest absolute Gasteiger partial charge is 0.402 e. The first-order valence-corrected chi connectivity index (χ1v) is 10.6. The van der Waals surface area contributed by atoms with Crippen LogP contribution in [0.15, 0.2) is 60.1 Å². The zero-order chi connectivity index (χ0) is 21.3. The molecule has 2 heterocycles. The van der Waals surface area contributed by atoms with Crippen molar-refractivity contribution in [3.05, 3.63) is 77.0 Å². The third kappa shape index (κ3) is 6.15. The van der Waals surface area contributed by atoms with E-state index in [1.165, 1.54) is 11.1 Å². The van der Waals surface area contributed by atoms with Gasteiger partial charge in [-0.1, -0.05) is 29.8 Å². The molecule has 5 N–H and O–H groups in total. The van der Waals surface area contributed by atoms with Crippen molar-refractivity contribution in [3.8, 4) is 0 Å². The normalized spacial score (nSPS) is 20.3. The molecule has 1 aliphatic rings. The van der Waals surface area contributed by atoms with Crippen LogP contribution >= 0.6 is 0 Å². The quantitative estimate of drug-likeness (QED) is 0.436. The second-order valence-electron chi connectivity index (χ2n) is 7.93. The Hall–Kier alpha value is -2.70. The summed E-state index contributed by atoms with van der Waals surface area (Å²) in [4.78, 5) is 8.36. The van der Waals surface area contributed by atoms with Crippen molar-refractivity contribution in [1.82, 2.24) is 15.3 Å². The van der Waals surface area contributed by atoms with Crippen molar-refractivity contribution in [2.45, 2.75) is 45.1 Å². The first-order chi connectivity index (χ1) is 14.5. The number of nitrogens with two attached hydrogens (primary N) is 2. The Labute approximate surface area is 179 Å². The Bertz CT molecular complexity index is 857. The van der Waals surface area contributed by atoms with Crippen molar-refractivity contribution in [2.24, 2.45) is 11.5 Å². The van der Waals surface area contributed by atoms with E-state index >= 15 is 0 Å². The van der Waals surface area contributed by atoms with Crippen LogP contribution in [0.3, 0.4) is 0 Å². The number of rotatable bonds is 9. The minimum atomic E-state index is 0.365. The van der Waals surface area contributed by atoms with Crippen LogP contribution in [-0.4, -0.2) is 35.8 Å². The SMILES string of the molecule is C/C(N)=C(/C=C(\N)c1ncccn1)CCCOCC1NCC[C@@H]1c1ccc(C)cc1. The lowest BCUT2D eigenvalue weighted by Crippen LogP contribution is -2.31. The number of allylic oxidation sites excluding steroid dienone is 3. The zero-order valence-corrected chi connectivity index (χ0v) is 18.0. The number of nitrogens with zero attached hydrogens (tertiary/aromatic N) is 2. The molecule has 0 aliphatic carbocycles. The average molecular weight is 408 g/mol. The summed E-state index contributed by atoms with van der Waals surface area (Å²) in [6.45, 7) is 6.46. The summed E-state index contributed by atoms with van der Waals surface area (Å²) in [5.41, 5.74) is 17.2. The maximum absolute atomic E-state index is 6.13. The van der Waals surface area contributed by atoms with Gasteiger partial charge in [-0.05, 0) is 62.9 Å². The van der Waals surface area contributed by atoms with E-state index in [0.717, 1.165) is 43.7 Å². The molecule has 3 rings (SSSR count). The molecule has 1 saturated heterocycles. The molecule has 2 aromatic rings. The summed E-state index contributed by atoms with van der Waals surface area (Å²) < 4.78 is 6.01. The molecule has 0 saturated carbocycles. The van der Waals surface area contributed by atoms with Gasteiger partial charge >= 0.3 is 0 Å². The summed E-state index contributed by atoms with van der Waals surface area (Å²) in [7, 11) is 0. The number of hydrogen-bond acceptors (Lipinski definition) is 6. The zero-order valence-electron chi connectivity index (χ0n) is 18.0. The van der Waals surface area contributed by atoms with E-state index < -0.39 is 0 Å². The summed E-state index contributed by atoms with van der Waals surface area (Å²) in [6.07, 6.45) is 8.06. The molecule has 1 fully saturated rings. The van der Waals surface area contributed by atoms with Gasteiger partial charge in [0.1, 0.15) is 0 Å². The molecule has 0 spiro atoms. The van der Waals surface area contributed by atoms with Crippen LogP contribution in [0.5, 0.6) is 0 Å². The topological polar surface area (TPSA) is 99.1 Å². The Morgan fingerprint density at radius 1 is 1.20 bits per heavy atom. The van der Waals surface area contributed by atoms with Gasteiger partial charge in [0.25, 0.3) is 0 Å². The lowest BCUT2D eigenvalue weighted by Gasteiger charge is -2.20. The third-order valence-electron chi connectivity index (χ3n) is 5.55. The van der Waals surface area contributed by atoms with E-state index in [1.54, 1.807) is 18.5 Å². The lowest BCUT2D eigenvalue weighted by molar-refractivity contribution is 0.110. The van der Waals surface area contributed by atoms with Crippen molar-refractivity contribution in [3.63, 3.8) is 0 Å². The van der Waals surface area contributed by atoms with Gasteiger partial charge < -0.3 is 21.5 Å². The van der Waals surface area contributed by atoms with Crippen LogP contribution in [-0.2, 0) is 4.74 Å². The summed E-state index contributed by atoms with van der Waals surface area (Å²) in [5, 5.41) is 3.59. The molecule has 6 nitrogen and oxygen atoms in total. The van der Waals surface area contributed by atoms with Gasteiger partial charge in [-0.25, -0.2) is 9.97 Å². The highest BCUT2D eigenvalue weighted by Gasteiger charge is 2.28. The first kappa shape index (κ1) is 22.0. The Morgan fingerprint density at radius 3 is 2.63 bits per heavy atom. The van der Waals surface area contributed by atoms with Crippen LogP contribution in [0, 0.1) is 6.92 Å². The summed E-state index contributed by atoms with van der Waals surface area (Å²) in [5.74, 6) is 1.03. The Kier molecular flexibility index (Phi) is 7.99. The molecule has 0 amide bonds.